The van der Waals surface area contributed by atoms with Gasteiger partial charge in [0.05, 0.1) is 35.5 Å². The molecule has 1 aromatic rings. The Kier molecular flexibility index (Phi) is 6.87. The van der Waals surface area contributed by atoms with Crippen LogP contribution in [0, 0.1) is 6.92 Å². The van der Waals surface area contributed by atoms with Crippen LogP contribution in [0.5, 0.6) is 5.75 Å². The van der Waals surface area contributed by atoms with Crippen molar-refractivity contribution in [1.29, 1.82) is 0 Å². The summed E-state index contributed by atoms with van der Waals surface area (Å²) in [6, 6.07) is 3.86. The van der Waals surface area contributed by atoms with E-state index in [0.29, 0.717) is 30.5 Å². The van der Waals surface area contributed by atoms with Gasteiger partial charge in [0.15, 0.2) is 0 Å². The first-order valence-electron chi connectivity index (χ1n) is 8.63. The van der Waals surface area contributed by atoms with Gasteiger partial charge in [-0.15, -0.1) is 0 Å². The van der Waals surface area contributed by atoms with Gasteiger partial charge < -0.3 is 20.2 Å². The first kappa shape index (κ1) is 18.5. The highest BCUT2D eigenvalue weighted by atomic mass is 16.5. The first-order valence-corrected chi connectivity index (χ1v) is 8.63. The maximum Gasteiger partial charge on any atom is 0.140 e. The molecule has 0 amide bonds. The van der Waals surface area contributed by atoms with Crippen LogP contribution in [0.3, 0.4) is 0 Å². The van der Waals surface area contributed by atoms with Gasteiger partial charge in [0.1, 0.15) is 5.75 Å². The molecule has 2 rings (SSSR count). The second-order valence-electron chi connectivity index (χ2n) is 6.37. The monoisotopic (exact) mass is 334 g/mol. The number of nitrogens with zero attached hydrogens (tertiary/aromatic N) is 2. The molecule has 1 heterocycles. The Hall–Kier alpha value is -1.79. The van der Waals surface area contributed by atoms with E-state index in [0.717, 1.165) is 30.0 Å². The van der Waals surface area contributed by atoms with Crippen molar-refractivity contribution in [2.75, 3.05) is 20.8 Å². The number of methoxy groups -OCH3 is 1. The van der Waals surface area contributed by atoms with Crippen molar-refractivity contribution in [1.82, 2.24) is 9.99 Å². The molecule has 0 aliphatic heterocycles. The number of hydrazine groups is 1. The lowest BCUT2D eigenvalue weighted by Crippen LogP contribution is -2.28. The van der Waals surface area contributed by atoms with Crippen LogP contribution in [0.2, 0.25) is 0 Å². The Morgan fingerprint density at radius 1 is 1.29 bits per heavy atom. The van der Waals surface area contributed by atoms with Crippen molar-refractivity contribution in [3.8, 4) is 5.75 Å². The summed E-state index contributed by atoms with van der Waals surface area (Å²) in [6.07, 6.45) is 7.01. The minimum atomic E-state index is 0.311. The van der Waals surface area contributed by atoms with Gasteiger partial charge in [-0.05, 0) is 44.7 Å². The van der Waals surface area contributed by atoms with E-state index >= 15 is 0 Å². The molecule has 4 N–H and O–H groups in total. The van der Waals surface area contributed by atoms with Crippen LogP contribution in [0.4, 0.5) is 0 Å². The summed E-state index contributed by atoms with van der Waals surface area (Å²) in [4.78, 5) is 4.62. The number of nitrogens with two attached hydrogens (primary N) is 2. The third kappa shape index (κ3) is 4.85. The predicted molar refractivity (Wildman–Crippen MR) is 96.0 cm³/mol. The number of hydrogen-bond donors (Lipinski definition) is 2. The van der Waals surface area contributed by atoms with Gasteiger partial charge in [0.2, 0.25) is 0 Å². The van der Waals surface area contributed by atoms with Gasteiger partial charge in [0, 0.05) is 20.6 Å². The molecule has 6 heteroatoms. The second-order valence-corrected chi connectivity index (χ2v) is 6.37. The topological polar surface area (TPSA) is 86.6 Å². The molecule has 1 aliphatic carbocycles. The van der Waals surface area contributed by atoms with E-state index < -0.39 is 0 Å². The van der Waals surface area contributed by atoms with Crippen molar-refractivity contribution in [3.63, 3.8) is 0 Å². The van der Waals surface area contributed by atoms with E-state index in [4.69, 9.17) is 21.1 Å². The molecule has 0 aromatic carbocycles. The van der Waals surface area contributed by atoms with Crippen LogP contribution in [0.25, 0.3) is 5.70 Å². The zero-order valence-corrected chi connectivity index (χ0v) is 15.0. The maximum absolute atomic E-state index is 6.28. The van der Waals surface area contributed by atoms with Gasteiger partial charge in [-0.25, -0.2) is 10.8 Å². The molecule has 0 saturated heterocycles. The molecule has 0 spiro atoms. The lowest BCUT2D eigenvalue weighted by molar-refractivity contribution is 0.153. The summed E-state index contributed by atoms with van der Waals surface area (Å²) in [5.41, 5.74) is 9.23. The summed E-state index contributed by atoms with van der Waals surface area (Å²) in [5, 5.41) is 1.53. The first-order chi connectivity index (χ1) is 11.5. The number of aromatic nitrogens is 1. The normalized spacial score (nSPS) is 16.7. The van der Waals surface area contributed by atoms with E-state index in [1.165, 1.54) is 24.3 Å². The molecule has 6 nitrogen and oxygen atoms in total. The SMILES string of the molecule is COCC/C(=C(/N)c1ccc(OC2CCCCC2)c(C)n1)N(C)N. The van der Waals surface area contributed by atoms with Crippen molar-refractivity contribution in [3.05, 3.63) is 29.2 Å². The Labute approximate surface area is 144 Å². The van der Waals surface area contributed by atoms with E-state index in [-0.39, 0.29) is 0 Å². The fourth-order valence-corrected chi connectivity index (χ4v) is 3.03. The second kappa shape index (κ2) is 8.89. The van der Waals surface area contributed by atoms with Crippen molar-refractivity contribution in [2.24, 2.45) is 11.6 Å². The van der Waals surface area contributed by atoms with Gasteiger partial charge in [-0.3, -0.25) is 0 Å². The zero-order valence-electron chi connectivity index (χ0n) is 15.0. The lowest BCUT2D eigenvalue weighted by Gasteiger charge is -2.24. The average Bonchev–Trinajstić information content (AvgIpc) is 2.57. The molecule has 134 valence electrons. The Bertz CT molecular complexity index is 566. The highest BCUT2D eigenvalue weighted by molar-refractivity contribution is 5.63. The quantitative estimate of drug-likeness (QED) is 0.589. The molecular formula is C18H30N4O2. The Balaban J connectivity index is 2.17. The van der Waals surface area contributed by atoms with Crippen molar-refractivity contribution in [2.45, 2.75) is 51.6 Å². The third-order valence-corrected chi connectivity index (χ3v) is 4.44. The van der Waals surface area contributed by atoms with E-state index in [9.17, 15) is 0 Å². The zero-order chi connectivity index (χ0) is 17.5. The van der Waals surface area contributed by atoms with E-state index in [2.05, 4.69) is 4.98 Å². The summed E-state index contributed by atoms with van der Waals surface area (Å²) in [5.74, 6) is 6.74. The van der Waals surface area contributed by atoms with Crippen molar-refractivity contribution < 1.29 is 9.47 Å². The van der Waals surface area contributed by atoms with Crippen LogP contribution in [-0.4, -0.2) is 36.9 Å². The molecule has 1 saturated carbocycles. The van der Waals surface area contributed by atoms with Gasteiger partial charge in [0.25, 0.3) is 0 Å². The number of hydrogen-bond acceptors (Lipinski definition) is 6. The number of rotatable bonds is 7. The molecule has 24 heavy (non-hydrogen) atoms. The van der Waals surface area contributed by atoms with Gasteiger partial charge in [-0.2, -0.15) is 0 Å². The van der Waals surface area contributed by atoms with E-state index in [1.54, 1.807) is 14.2 Å². The fraction of sp³-hybridized carbons (Fsp3) is 0.611. The maximum atomic E-state index is 6.28. The van der Waals surface area contributed by atoms with Crippen LogP contribution < -0.4 is 16.3 Å². The fourth-order valence-electron chi connectivity index (χ4n) is 3.03. The van der Waals surface area contributed by atoms with Gasteiger partial charge in [-0.1, -0.05) is 6.42 Å². The number of pyridine rings is 1. The summed E-state index contributed by atoms with van der Waals surface area (Å²) < 4.78 is 11.2. The average molecular weight is 334 g/mol. The minimum absolute atomic E-state index is 0.311. The standard InChI is InChI=1S/C18H30N4O2/c1-13-17(24-14-7-5-4-6-8-14)10-9-15(21-13)18(19)16(22(2)20)11-12-23-3/h9-10,14H,4-8,11-12,19-20H2,1-3H3/b18-16-. The number of aryl methyl sites for hydroxylation is 1. The Morgan fingerprint density at radius 2 is 2.00 bits per heavy atom. The molecule has 0 unspecified atom stereocenters. The minimum Gasteiger partial charge on any atom is -0.489 e. The summed E-state index contributed by atoms with van der Waals surface area (Å²) in [6.45, 7) is 2.51. The largest absolute Gasteiger partial charge is 0.489 e. The smallest absolute Gasteiger partial charge is 0.140 e. The Morgan fingerprint density at radius 3 is 2.58 bits per heavy atom. The van der Waals surface area contributed by atoms with Crippen LogP contribution in [0.1, 0.15) is 49.9 Å². The molecule has 1 fully saturated rings. The van der Waals surface area contributed by atoms with Crippen LogP contribution in [-0.2, 0) is 4.74 Å². The highest BCUT2D eigenvalue weighted by Gasteiger charge is 2.17. The van der Waals surface area contributed by atoms with Crippen LogP contribution in [0.15, 0.2) is 17.8 Å². The molecule has 0 radical (unpaired) electrons. The van der Waals surface area contributed by atoms with Gasteiger partial charge >= 0.3 is 0 Å². The molecule has 0 bridgehead atoms. The lowest BCUT2D eigenvalue weighted by atomic mass is 9.98. The predicted octanol–water partition coefficient (Wildman–Crippen LogP) is 2.57. The summed E-state index contributed by atoms with van der Waals surface area (Å²) >= 11 is 0. The molecule has 1 aliphatic rings. The third-order valence-electron chi connectivity index (χ3n) is 4.44. The molecule has 1 aromatic heterocycles. The van der Waals surface area contributed by atoms with E-state index in [1.807, 2.05) is 19.1 Å². The van der Waals surface area contributed by atoms with Crippen molar-refractivity contribution >= 4 is 5.70 Å². The van der Waals surface area contributed by atoms with Crippen LogP contribution >= 0.6 is 0 Å². The number of ether oxygens (including phenoxy) is 2. The summed E-state index contributed by atoms with van der Waals surface area (Å²) in [7, 11) is 3.43. The molecule has 0 atom stereocenters. The molecular weight excluding hydrogens is 304 g/mol. The highest BCUT2D eigenvalue weighted by Crippen LogP contribution is 2.26.